The molecular formula is C18H28O6. The molecule has 0 aromatic rings. The summed E-state index contributed by atoms with van der Waals surface area (Å²) in [5.74, 6) is -0.873. The van der Waals surface area contributed by atoms with Crippen molar-refractivity contribution < 1.29 is 28.5 Å². The van der Waals surface area contributed by atoms with Gasteiger partial charge in [0.05, 0.1) is 24.4 Å². The van der Waals surface area contributed by atoms with E-state index in [2.05, 4.69) is 13.2 Å². The molecule has 0 radical (unpaired) electrons. The third kappa shape index (κ3) is 8.26. The van der Waals surface area contributed by atoms with Crippen LogP contribution in [0.1, 0.15) is 39.5 Å². The number of esters is 2. The third-order valence-corrected chi connectivity index (χ3v) is 3.72. The van der Waals surface area contributed by atoms with Gasteiger partial charge in [-0.15, -0.1) is 0 Å². The van der Waals surface area contributed by atoms with Gasteiger partial charge in [-0.2, -0.15) is 0 Å². The van der Waals surface area contributed by atoms with Crippen molar-refractivity contribution in [2.45, 2.75) is 63.9 Å². The molecule has 2 atom stereocenters. The van der Waals surface area contributed by atoms with Gasteiger partial charge in [0.25, 0.3) is 0 Å². The van der Waals surface area contributed by atoms with Gasteiger partial charge in [0.15, 0.2) is 0 Å². The Morgan fingerprint density at radius 2 is 1.21 bits per heavy atom. The Morgan fingerprint density at radius 3 is 1.50 bits per heavy atom. The van der Waals surface area contributed by atoms with E-state index in [1.165, 1.54) is 0 Å². The number of hydrogen-bond donors (Lipinski definition) is 0. The van der Waals surface area contributed by atoms with E-state index in [1.54, 1.807) is 0 Å². The van der Waals surface area contributed by atoms with Gasteiger partial charge in [-0.25, -0.2) is 9.59 Å². The van der Waals surface area contributed by atoms with Crippen molar-refractivity contribution in [2.24, 2.45) is 0 Å². The summed E-state index contributed by atoms with van der Waals surface area (Å²) in [6.07, 6.45) is 5.86. The maximum Gasteiger partial charge on any atom is 0.330 e. The molecule has 1 rings (SSSR count). The van der Waals surface area contributed by atoms with Crippen molar-refractivity contribution >= 4 is 11.9 Å². The molecule has 0 aliphatic heterocycles. The molecule has 0 saturated heterocycles. The van der Waals surface area contributed by atoms with Gasteiger partial charge in [-0.05, 0) is 39.5 Å². The van der Waals surface area contributed by atoms with E-state index in [0.29, 0.717) is 0 Å². The third-order valence-electron chi connectivity index (χ3n) is 3.72. The molecule has 0 aromatic carbocycles. The fourth-order valence-electron chi connectivity index (χ4n) is 2.56. The summed E-state index contributed by atoms with van der Waals surface area (Å²) in [5.41, 5.74) is 0. The molecule has 1 aliphatic carbocycles. The van der Waals surface area contributed by atoms with Crippen LogP contribution in [0.3, 0.4) is 0 Å². The lowest BCUT2D eigenvalue weighted by molar-refractivity contribution is -0.147. The van der Waals surface area contributed by atoms with Crippen LogP contribution in [0.4, 0.5) is 0 Å². The van der Waals surface area contributed by atoms with Crippen LogP contribution in [0.15, 0.2) is 25.3 Å². The highest BCUT2D eigenvalue weighted by Gasteiger charge is 2.25. The molecule has 1 aliphatic rings. The molecular weight excluding hydrogens is 312 g/mol. The lowest BCUT2D eigenvalue weighted by atomic mass is 9.94. The normalized spacial score (nSPS) is 22.9. The summed E-state index contributed by atoms with van der Waals surface area (Å²) in [6.45, 7) is 10.9. The molecule has 1 fully saturated rings. The standard InChI is InChI=1S/C18H28O6/c1-5-17(19)21-11-13(3)23-15-7-9-16(10-8-15)24-14(4)12-22-18(20)6-2/h5-6,13-16H,1-2,7-12H2,3-4H3. The van der Waals surface area contributed by atoms with Crippen LogP contribution in [-0.4, -0.2) is 49.6 Å². The first kappa shape index (κ1) is 20.4. The van der Waals surface area contributed by atoms with Crippen molar-refractivity contribution in [1.82, 2.24) is 0 Å². The van der Waals surface area contributed by atoms with Crippen molar-refractivity contribution in [3.63, 3.8) is 0 Å². The van der Waals surface area contributed by atoms with Gasteiger partial charge in [-0.1, -0.05) is 13.2 Å². The van der Waals surface area contributed by atoms with Gasteiger partial charge in [0.1, 0.15) is 13.2 Å². The maximum absolute atomic E-state index is 11.0. The van der Waals surface area contributed by atoms with Crippen LogP contribution in [0.2, 0.25) is 0 Å². The van der Waals surface area contributed by atoms with E-state index >= 15 is 0 Å². The fraction of sp³-hybridized carbons (Fsp3) is 0.667. The fourth-order valence-corrected chi connectivity index (χ4v) is 2.56. The van der Waals surface area contributed by atoms with E-state index in [1.807, 2.05) is 13.8 Å². The van der Waals surface area contributed by atoms with Crippen molar-refractivity contribution in [1.29, 1.82) is 0 Å². The van der Waals surface area contributed by atoms with Crippen LogP contribution >= 0.6 is 0 Å². The first-order valence-electron chi connectivity index (χ1n) is 8.33. The van der Waals surface area contributed by atoms with Crippen LogP contribution in [0, 0.1) is 0 Å². The highest BCUT2D eigenvalue weighted by molar-refractivity contribution is 5.81. The molecule has 6 heteroatoms. The highest BCUT2D eigenvalue weighted by Crippen LogP contribution is 2.25. The molecule has 1 saturated carbocycles. The highest BCUT2D eigenvalue weighted by atomic mass is 16.6. The summed E-state index contributed by atoms with van der Waals surface area (Å²) < 4.78 is 21.7. The van der Waals surface area contributed by atoms with E-state index in [4.69, 9.17) is 18.9 Å². The second-order valence-corrected chi connectivity index (χ2v) is 5.96. The summed E-state index contributed by atoms with van der Waals surface area (Å²) >= 11 is 0. The maximum atomic E-state index is 11.0. The molecule has 6 nitrogen and oxygen atoms in total. The molecule has 0 heterocycles. The van der Waals surface area contributed by atoms with E-state index in [9.17, 15) is 9.59 Å². The summed E-state index contributed by atoms with van der Waals surface area (Å²) in [7, 11) is 0. The summed E-state index contributed by atoms with van der Waals surface area (Å²) in [5, 5.41) is 0. The van der Waals surface area contributed by atoms with Gasteiger partial charge in [0, 0.05) is 12.2 Å². The average Bonchev–Trinajstić information content (AvgIpc) is 2.59. The summed E-state index contributed by atoms with van der Waals surface area (Å²) in [6, 6.07) is 0. The van der Waals surface area contributed by atoms with Gasteiger partial charge < -0.3 is 18.9 Å². The lowest BCUT2D eigenvalue weighted by Crippen LogP contribution is -2.33. The quantitative estimate of drug-likeness (QED) is 0.450. The second-order valence-electron chi connectivity index (χ2n) is 5.96. The van der Waals surface area contributed by atoms with Crippen LogP contribution in [-0.2, 0) is 28.5 Å². The molecule has 0 amide bonds. The Labute approximate surface area is 143 Å². The minimum Gasteiger partial charge on any atom is -0.460 e. The Kier molecular flexibility index (Phi) is 9.34. The summed E-state index contributed by atoms with van der Waals surface area (Å²) in [4.78, 5) is 22.0. The number of hydrogen-bond acceptors (Lipinski definition) is 6. The smallest absolute Gasteiger partial charge is 0.330 e. The lowest BCUT2D eigenvalue weighted by Gasteiger charge is -2.31. The number of carbonyl (C=O) groups excluding carboxylic acids is 2. The second kappa shape index (κ2) is 11.0. The van der Waals surface area contributed by atoms with E-state index < -0.39 is 11.9 Å². The predicted octanol–water partition coefficient (Wildman–Crippen LogP) is 2.57. The Bertz CT molecular complexity index is 385. The average molecular weight is 340 g/mol. The Morgan fingerprint density at radius 1 is 0.875 bits per heavy atom. The molecule has 0 N–H and O–H groups in total. The molecule has 0 bridgehead atoms. The topological polar surface area (TPSA) is 71.1 Å². The molecule has 0 aromatic heterocycles. The monoisotopic (exact) mass is 340 g/mol. The van der Waals surface area contributed by atoms with Gasteiger partial charge in [-0.3, -0.25) is 0 Å². The minimum atomic E-state index is -0.436. The zero-order valence-corrected chi connectivity index (χ0v) is 14.6. The number of carbonyl (C=O) groups is 2. The first-order chi connectivity index (χ1) is 11.4. The molecule has 24 heavy (non-hydrogen) atoms. The molecule has 0 spiro atoms. The van der Waals surface area contributed by atoms with Crippen LogP contribution < -0.4 is 0 Å². The SMILES string of the molecule is C=CC(=O)OCC(C)OC1CCC(OC(C)COC(=O)C=C)CC1. The molecule has 2 unspecified atom stereocenters. The number of ether oxygens (including phenoxy) is 4. The van der Waals surface area contributed by atoms with Crippen molar-refractivity contribution in [2.75, 3.05) is 13.2 Å². The van der Waals surface area contributed by atoms with E-state index in [-0.39, 0.29) is 37.6 Å². The van der Waals surface area contributed by atoms with Gasteiger partial charge >= 0.3 is 11.9 Å². The minimum absolute atomic E-state index is 0.145. The van der Waals surface area contributed by atoms with E-state index in [0.717, 1.165) is 37.8 Å². The largest absolute Gasteiger partial charge is 0.460 e. The van der Waals surface area contributed by atoms with Crippen molar-refractivity contribution in [3.8, 4) is 0 Å². The predicted molar refractivity (Wildman–Crippen MR) is 89.5 cm³/mol. The number of rotatable bonds is 10. The van der Waals surface area contributed by atoms with Crippen LogP contribution in [0.25, 0.3) is 0 Å². The Balaban J connectivity index is 2.19. The van der Waals surface area contributed by atoms with Gasteiger partial charge in [0.2, 0.25) is 0 Å². The van der Waals surface area contributed by atoms with Crippen molar-refractivity contribution in [3.05, 3.63) is 25.3 Å². The Hall–Kier alpha value is -1.66. The zero-order chi connectivity index (χ0) is 17.9. The first-order valence-corrected chi connectivity index (χ1v) is 8.33. The van der Waals surface area contributed by atoms with Crippen LogP contribution in [0.5, 0.6) is 0 Å². The zero-order valence-electron chi connectivity index (χ0n) is 14.6. The molecule has 136 valence electrons.